The highest BCUT2D eigenvalue weighted by Crippen LogP contribution is 2.17. The monoisotopic (exact) mass is 902 g/mol. The van der Waals surface area contributed by atoms with E-state index in [9.17, 15) is 51.4 Å². The van der Waals surface area contributed by atoms with Gasteiger partial charge in [-0.05, 0) is 76.2 Å². The van der Waals surface area contributed by atoms with Gasteiger partial charge >= 0.3 is 0 Å². The second-order valence-electron chi connectivity index (χ2n) is 12.2. The summed E-state index contributed by atoms with van der Waals surface area (Å²) in [5.74, 6) is 0. The summed E-state index contributed by atoms with van der Waals surface area (Å²) in [6, 6.07) is 23.7. The first-order valence-electron chi connectivity index (χ1n) is 16.8. The number of aryl methyl sites for hydroxylation is 4. The molecule has 0 amide bonds. The van der Waals surface area contributed by atoms with Crippen LogP contribution in [-0.4, -0.2) is 103 Å². The molecule has 0 fully saturated rings. The Morgan fingerprint density at radius 2 is 0.845 bits per heavy atom. The molecule has 4 aromatic carbocycles. The van der Waals surface area contributed by atoms with E-state index in [-0.39, 0.29) is 38.1 Å². The Morgan fingerprint density at radius 3 is 1.05 bits per heavy atom. The van der Waals surface area contributed by atoms with E-state index >= 15 is 0 Å². The lowest BCUT2D eigenvalue weighted by Crippen LogP contribution is -2.40. The van der Waals surface area contributed by atoms with Crippen LogP contribution in [0.4, 0.5) is 13.2 Å². The van der Waals surface area contributed by atoms with Crippen molar-refractivity contribution in [3.05, 3.63) is 119 Å². The SMILES string of the molecule is C.C[N+](C)(C[18F])CCO.Cc1ccc(S(=O)(=O)OCOS(=O)(=O)c2ccc(C)cc2)cc1.Cc1ccc(S(=O)(=O)OC[18F])cc1.Cc1ccc(S(=O)(=O)[O-])cc1.[2H]CF. The zero-order valence-corrected chi connectivity index (χ0v) is 35.3. The molecule has 0 saturated heterocycles. The predicted molar refractivity (Wildman–Crippen MR) is 212 cm³/mol. The molecule has 0 radical (unpaired) electrons. The molecule has 0 atom stereocenters. The number of nitrogens with zero attached hydrogens (tertiary/aromatic N) is 1. The number of hydrogen-bond acceptors (Lipinski definition) is 13. The molecule has 58 heavy (non-hydrogen) atoms. The highest BCUT2D eigenvalue weighted by Gasteiger charge is 2.20. The summed E-state index contributed by atoms with van der Waals surface area (Å²) in [6.45, 7) is 5.13. The maximum atomic E-state index is 11.9. The molecule has 0 saturated carbocycles. The van der Waals surface area contributed by atoms with E-state index in [0.29, 0.717) is 6.54 Å². The number of aliphatic hydroxyl groups is 1. The summed E-state index contributed by atoms with van der Waals surface area (Å²) in [6.07, 6.45) is 0. The van der Waals surface area contributed by atoms with Crippen LogP contribution in [0.3, 0.4) is 0 Å². The maximum Gasteiger partial charge on any atom is 0.299 e. The van der Waals surface area contributed by atoms with E-state index < -0.39 is 68.1 Å². The summed E-state index contributed by atoms with van der Waals surface area (Å²) >= 11 is 0. The van der Waals surface area contributed by atoms with Crippen molar-refractivity contribution in [2.24, 2.45) is 0 Å². The average molecular weight is 903 g/mol. The Kier molecular flexibility index (Phi) is 24.6. The number of rotatable bonds is 13. The molecule has 0 spiro atoms. The van der Waals surface area contributed by atoms with Gasteiger partial charge < -0.3 is 14.1 Å². The number of quaternary nitrogens is 1. The first-order valence-corrected chi connectivity index (χ1v) is 21.7. The van der Waals surface area contributed by atoms with Gasteiger partial charge in [0, 0.05) is 0 Å². The molecule has 0 aliphatic heterocycles. The fourth-order valence-corrected chi connectivity index (χ4v) is 6.37. The van der Waals surface area contributed by atoms with Gasteiger partial charge in [0.15, 0.2) is 6.79 Å². The molecule has 1 N–H and O–H groups in total. The summed E-state index contributed by atoms with van der Waals surface area (Å²) in [5.41, 5.74) is 3.64. The van der Waals surface area contributed by atoms with Crippen LogP contribution in [0.25, 0.3) is 0 Å². The van der Waals surface area contributed by atoms with Crippen LogP contribution in [-0.2, 0) is 53.0 Å². The molecule has 0 aromatic heterocycles. The number of aliphatic hydroxyl groups excluding tert-OH is 1. The van der Waals surface area contributed by atoms with Gasteiger partial charge in [0.05, 0.1) is 48.8 Å². The Bertz CT molecular complexity index is 2150. The zero-order valence-electron chi connectivity index (χ0n) is 33.0. The highest BCUT2D eigenvalue weighted by molar-refractivity contribution is 7.87. The first-order chi connectivity index (χ1) is 26.8. The lowest BCUT2D eigenvalue weighted by Gasteiger charge is -2.24. The van der Waals surface area contributed by atoms with Crippen molar-refractivity contribution in [2.45, 2.75) is 54.7 Å². The summed E-state index contributed by atoms with van der Waals surface area (Å²) in [4.78, 5) is -0.349. The van der Waals surface area contributed by atoms with E-state index in [1.165, 1.54) is 48.5 Å². The molecule has 21 heteroatoms. The van der Waals surface area contributed by atoms with Gasteiger partial charge in [0.1, 0.15) is 16.7 Å². The van der Waals surface area contributed by atoms with Crippen LogP contribution in [0.15, 0.2) is 117 Å². The van der Waals surface area contributed by atoms with Crippen molar-refractivity contribution < 1.29 is 74.9 Å². The fraction of sp³-hybridized carbons (Fsp3) is 0.351. The van der Waals surface area contributed by atoms with Crippen molar-refractivity contribution in [1.29, 1.82) is 0 Å². The zero-order chi connectivity index (χ0) is 44.8. The number of alkyl halides is 3. The molecule has 4 aromatic rings. The van der Waals surface area contributed by atoms with Crippen molar-refractivity contribution in [3.63, 3.8) is 0 Å². The third kappa shape index (κ3) is 21.8. The van der Waals surface area contributed by atoms with Crippen LogP contribution in [0.2, 0.25) is 0 Å². The van der Waals surface area contributed by atoms with Crippen LogP contribution >= 0.6 is 0 Å². The van der Waals surface area contributed by atoms with Gasteiger partial charge in [0.25, 0.3) is 30.4 Å². The van der Waals surface area contributed by atoms with Gasteiger partial charge in [-0.15, -0.1) is 0 Å². The summed E-state index contributed by atoms with van der Waals surface area (Å²) in [7, 11) is -13.9. The van der Waals surface area contributed by atoms with Crippen molar-refractivity contribution in [2.75, 3.05) is 54.9 Å². The molecule has 328 valence electrons. The molecule has 14 nitrogen and oxygen atoms in total. The van der Waals surface area contributed by atoms with Gasteiger partial charge in [-0.3, -0.25) is 4.39 Å². The molecule has 0 unspecified atom stereocenters. The fourth-order valence-electron chi connectivity index (χ4n) is 3.56. The van der Waals surface area contributed by atoms with Gasteiger partial charge in [-0.2, -0.15) is 29.6 Å². The first kappa shape index (κ1) is 54.2. The molecule has 4 rings (SSSR count). The molecule has 0 heterocycles. The Hall–Kier alpha value is -3.77. The van der Waals surface area contributed by atoms with Gasteiger partial charge in [-0.1, -0.05) is 78.2 Å². The van der Waals surface area contributed by atoms with E-state index in [2.05, 4.69) is 12.5 Å². The minimum Gasteiger partial charge on any atom is -0.744 e. The Balaban J connectivity index is 0. The summed E-state index contributed by atoms with van der Waals surface area (Å²) in [5, 5.41) is 8.35. The lowest BCUT2D eigenvalue weighted by atomic mass is 10.2. The van der Waals surface area contributed by atoms with Crippen LogP contribution in [0.1, 0.15) is 31.1 Å². The molecular weight excluding hydrogens is 850 g/mol. The number of halogens is 3. The topological polar surface area (TPSA) is 208 Å². The number of hydrogen-bond donors (Lipinski definition) is 1. The van der Waals surface area contributed by atoms with Gasteiger partial charge in [-0.25, -0.2) is 25.4 Å². The maximum absolute atomic E-state index is 11.9. The van der Waals surface area contributed by atoms with Crippen LogP contribution in [0, 0.1) is 27.7 Å². The van der Waals surface area contributed by atoms with Crippen molar-refractivity contribution >= 4 is 40.5 Å². The quantitative estimate of drug-likeness (QED) is 0.0530. The third-order valence-electron chi connectivity index (χ3n) is 6.87. The molecular formula is C37H52F3NO13S4. The Morgan fingerprint density at radius 1 is 0.586 bits per heavy atom. The molecule has 0 bridgehead atoms. The number of benzene rings is 4. The van der Waals surface area contributed by atoms with Crippen LogP contribution < -0.4 is 0 Å². The van der Waals surface area contributed by atoms with E-state index in [4.69, 9.17) is 6.48 Å². The largest absolute Gasteiger partial charge is 0.744 e. The van der Waals surface area contributed by atoms with Crippen molar-refractivity contribution in [1.82, 2.24) is 0 Å². The minimum absolute atomic E-state index is 0. The highest BCUT2D eigenvalue weighted by atomic mass is 32.2. The molecule has 0 aliphatic carbocycles. The second kappa shape index (κ2) is 26.4. The smallest absolute Gasteiger partial charge is 0.299 e. The average Bonchev–Trinajstić information content (AvgIpc) is 3.13. The van der Waals surface area contributed by atoms with E-state index in [1.54, 1.807) is 62.6 Å². The normalized spacial score (nSPS) is 11.6. The van der Waals surface area contributed by atoms with Gasteiger partial charge in [0.2, 0.25) is 13.7 Å². The summed E-state index contributed by atoms with van der Waals surface area (Å²) < 4.78 is 153. The van der Waals surface area contributed by atoms with E-state index in [0.717, 1.165) is 22.3 Å². The van der Waals surface area contributed by atoms with Crippen LogP contribution in [0.5, 0.6) is 0 Å². The standard InChI is InChI=1S/C15H16O6S2.C8H9FO3S.C7H8O3S.C5H13FNO.CH3F.CH4/c1-12-3-7-14(8-4-12)22(16,17)20-11-21-23(18,19)15-9-5-13(2)6-10-15;1-7-2-4-8(5-3-7)13(10,11)12-6-9;1-6-2-4-7(5-3-6)11(8,9)10;1-7(2,5-6)3-4-8;1-2;/h3-10H,11H2,1-2H3;2-5H,6H2,1H3;2-5H,1H3,(H,8,9,10);8H,3-5H2,1-2H3;1H3;1H4/q;;;+1;;/p-1/i;9-1;;6-1;1D;. The van der Waals surface area contributed by atoms with E-state index in [1.807, 2.05) is 27.7 Å². The third-order valence-corrected chi connectivity index (χ3v) is 11.5. The minimum atomic E-state index is -4.27. The predicted octanol–water partition coefficient (Wildman–Crippen LogP) is 6.10. The lowest BCUT2D eigenvalue weighted by molar-refractivity contribution is -0.903. The van der Waals surface area contributed by atoms with Crippen molar-refractivity contribution in [3.8, 4) is 0 Å². The molecule has 0 aliphatic rings. The Labute approximate surface area is 343 Å². The number of likely N-dealkylation sites (N-methyl/N-ethyl adjacent to an activating group) is 1. The second-order valence-corrected chi connectivity index (χ2v) is 18.4.